The van der Waals surface area contributed by atoms with Crippen LogP contribution >= 0.6 is 23.5 Å². The van der Waals surface area contributed by atoms with Crippen molar-refractivity contribution in [3.05, 3.63) is 39.6 Å². The summed E-state index contributed by atoms with van der Waals surface area (Å²) in [6.07, 6.45) is 4.68. The molecule has 0 bridgehead atoms. The molecule has 0 radical (unpaired) electrons. The third-order valence-electron chi connectivity index (χ3n) is 2.58. The number of Topliss-reactive ketones (excluding diaryl/α,β-unsaturated/α-hetero) is 1. The molecule has 4 heteroatoms. The van der Waals surface area contributed by atoms with Crippen molar-refractivity contribution >= 4 is 29.3 Å². The molecule has 98 valence electrons. The molecule has 0 N–H and O–H groups in total. The second-order valence-corrected chi connectivity index (χ2v) is 5.65. The largest absolute Gasteiger partial charge is 0.497 e. The van der Waals surface area contributed by atoms with Crippen LogP contribution in [0.4, 0.5) is 0 Å². The molecular weight excluding hydrogens is 264 g/mol. The van der Waals surface area contributed by atoms with Gasteiger partial charge in [0.2, 0.25) is 0 Å². The number of hydrogen-bond donors (Lipinski definition) is 0. The van der Waals surface area contributed by atoms with Crippen LogP contribution in [-0.2, 0) is 11.2 Å². The van der Waals surface area contributed by atoms with Gasteiger partial charge in [0.05, 0.1) is 7.11 Å². The molecule has 0 aliphatic heterocycles. The van der Waals surface area contributed by atoms with Crippen molar-refractivity contribution in [2.75, 3.05) is 19.6 Å². The van der Waals surface area contributed by atoms with E-state index >= 15 is 0 Å². The van der Waals surface area contributed by atoms with Crippen LogP contribution in [0.3, 0.4) is 0 Å². The van der Waals surface area contributed by atoms with Gasteiger partial charge in [-0.15, -0.1) is 23.5 Å². The van der Waals surface area contributed by atoms with Gasteiger partial charge in [-0.25, -0.2) is 0 Å². The molecule has 1 aromatic rings. The van der Waals surface area contributed by atoms with E-state index in [1.165, 1.54) is 0 Å². The number of ether oxygens (including phenoxy) is 1. The summed E-state index contributed by atoms with van der Waals surface area (Å²) in [5, 5.41) is 0. The van der Waals surface area contributed by atoms with Crippen molar-refractivity contribution in [1.29, 1.82) is 0 Å². The van der Waals surface area contributed by atoms with E-state index in [1.807, 2.05) is 36.8 Å². The van der Waals surface area contributed by atoms with Gasteiger partial charge >= 0.3 is 0 Å². The highest BCUT2D eigenvalue weighted by Crippen LogP contribution is 2.30. The van der Waals surface area contributed by atoms with Crippen LogP contribution in [0.25, 0.3) is 0 Å². The zero-order valence-corrected chi connectivity index (χ0v) is 12.8. The molecule has 0 saturated heterocycles. The fraction of sp³-hybridized carbons (Fsp3) is 0.357. The summed E-state index contributed by atoms with van der Waals surface area (Å²) in [4.78, 5) is 11.7. The van der Waals surface area contributed by atoms with Gasteiger partial charge in [0, 0.05) is 16.2 Å². The standard InChI is InChI=1S/C14H18O2S2/c1-10(15)13(14(17-3)18-4)9-11-5-7-12(16-2)8-6-11/h5-8H,9H2,1-4H3. The summed E-state index contributed by atoms with van der Waals surface area (Å²) in [5.74, 6) is 0.978. The van der Waals surface area contributed by atoms with Crippen molar-refractivity contribution in [3.8, 4) is 5.75 Å². The summed E-state index contributed by atoms with van der Waals surface area (Å²) in [6.45, 7) is 1.63. The number of allylic oxidation sites excluding steroid dienone is 1. The summed E-state index contributed by atoms with van der Waals surface area (Å²) >= 11 is 3.26. The number of carbonyl (C=O) groups is 1. The summed E-state index contributed by atoms with van der Waals surface area (Å²) < 4.78 is 6.22. The summed E-state index contributed by atoms with van der Waals surface area (Å²) in [6, 6.07) is 7.84. The minimum absolute atomic E-state index is 0.143. The average molecular weight is 282 g/mol. The fourth-order valence-corrected chi connectivity index (χ4v) is 3.21. The van der Waals surface area contributed by atoms with Crippen LogP contribution in [-0.4, -0.2) is 25.4 Å². The van der Waals surface area contributed by atoms with Gasteiger partial charge in [0.25, 0.3) is 0 Å². The monoisotopic (exact) mass is 282 g/mol. The first-order chi connectivity index (χ1) is 8.62. The molecule has 0 fully saturated rings. The molecule has 0 aliphatic rings. The van der Waals surface area contributed by atoms with Crippen LogP contribution < -0.4 is 4.74 Å². The number of thioether (sulfide) groups is 2. The second-order valence-electron chi connectivity index (χ2n) is 3.76. The lowest BCUT2D eigenvalue weighted by atomic mass is 10.0. The number of rotatable bonds is 6. The van der Waals surface area contributed by atoms with Gasteiger partial charge < -0.3 is 4.74 Å². The number of ketones is 1. The van der Waals surface area contributed by atoms with Crippen LogP contribution in [0.2, 0.25) is 0 Å². The van der Waals surface area contributed by atoms with Crippen molar-refractivity contribution in [2.24, 2.45) is 0 Å². The lowest BCUT2D eigenvalue weighted by Gasteiger charge is -2.10. The third-order valence-corrected chi connectivity index (χ3v) is 4.82. The maximum atomic E-state index is 11.7. The minimum Gasteiger partial charge on any atom is -0.497 e. The molecule has 0 unspecified atom stereocenters. The lowest BCUT2D eigenvalue weighted by Crippen LogP contribution is -2.03. The SMILES string of the molecule is COc1ccc(CC(C(C)=O)=C(SC)SC)cc1. The Bertz CT molecular complexity index is 430. The van der Waals surface area contributed by atoms with E-state index in [1.54, 1.807) is 37.6 Å². The molecular formula is C14H18O2S2. The van der Waals surface area contributed by atoms with Crippen molar-refractivity contribution in [1.82, 2.24) is 0 Å². The van der Waals surface area contributed by atoms with Crippen LogP contribution in [0.1, 0.15) is 12.5 Å². The van der Waals surface area contributed by atoms with Gasteiger partial charge in [-0.3, -0.25) is 4.79 Å². The topological polar surface area (TPSA) is 26.3 Å². The molecule has 2 nitrogen and oxygen atoms in total. The normalized spacial score (nSPS) is 10.0. The number of benzene rings is 1. The van der Waals surface area contributed by atoms with E-state index in [4.69, 9.17) is 4.74 Å². The smallest absolute Gasteiger partial charge is 0.157 e. The molecule has 18 heavy (non-hydrogen) atoms. The van der Waals surface area contributed by atoms with Crippen LogP contribution in [0.5, 0.6) is 5.75 Å². The molecule has 0 aromatic heterocycles. The number of hydrogen-bond acceptors (Lipinski definition) is 4. The zero-order valence-electron chi connectivity index (χ0n) is 11.1. The molecule has 1 aromatic carbocycles. The predicted molar refractivity (Wildman–Crippen MR) is 81.4 cm³/mol. The molecule has 0 aliphatic carbocycles. The fourth-order valence-electron chi connectivity index (χ4n) is 1.62. The van der Waals surface area contributed by atoms with Gasteiger partial charge in [-0.2, -0.15) is 0 Å². The minimum atomic E-state index is 0.143. The molecule has 1 rings (SSSR count). The van der Waals surface area contributed by atoms with Crippen molar-refractivity contribution < 1.29 is 9.53 Å². The van der Waals surface area contributed by atoms with E-state index in [-0.39, 0.29) is 5.78 Å². The van der Waals surface area contributed by atoms with Crippen molar-refractivity contribution in [3.63, 3.8) is 0 Å². The highest BCUT2D eigenvalue weighted by atomic mass is 32.2. The second kappa shape index (κ2) is 7.54. The highest BCUT2D eigenvalue weighted by molar-refractivity contribution is 8.21. The van der Waals surface area contributed by atoms with E-state index < -0.39 is 0 Å². The Kier molecular flexibility index (Phi) is 6.36. The van der Waals surface area contributed by atoms with Gasteiger partial charge in [-0.1, -0.05) is 12.1 Å². The van der Waals surface area contributed by atoms with E-state index in [9.17, 15) is 4.79 Å². The lowest BCUT2D eigenvalue weighted by molar-refractivity contribution is -0.113. The molecule has 0 saturated carbocycles. The number of carbonyl (C=O) groups excluding carboxylic acids is 1. The van der Waals surface area contributed by atoms with Gasteiger partial charge in [0.15, 0.2) is 5.78 Å². The highest BCUT2D eigenvalue weighted by Gasteiger charge is 2.11. The number of methoxy groups -OCH3 is 1. The Balaban J connectivity index is 2.96. The van der Waals surface area contributed by atoms with Crippen molar-refractivity contribution in [2.45, 2.75) is 13.3 Å². The Morgan fingerprint density at radius 3 is 2.11 bits per heavy atom. The van der Waals surface area contributed by atoms with Gasteiger partial charge in [-0.05, 0) is 37.1 Å². The molecule has 0 amide bonds. The molecule has 0 spiro atoms. The first-order valence-electron chi connectivity index (χ1n) is 5.57. The molecule has 0 heterocycles. The third kappa shape index (κ3) is 4.10. The Labute approximate surface area is 117 Å². The average Bonchev–Trinajstić information content (AvgIpc) is 2.39. The van der Waals surface area contributed by atoms with E-state index in [2.05, 4.69) is 0 Å². The maximum Gasteiger partial charge on any atom is 0.157 e. The predicted octanol–water partition coefficient (Wildman–Crippen LogP) is 3.76. The Morgan fingerprint density at radius 1 is 1.17 bits per heavy atom. The van der Waals surface area contributed by atoms with E-state index in [0.717, 1.165) is 21.1 Å². The first kappa shape index (κ1) is 15.2. The zero-order chi connectivity index (χ0) is 13.5. The summed E-state index contributed by atoms with van der Waals surface area (Å²) in [5.41, 5.74) is 2.02. The quantitative estimate of drug-likeness (QED) is 0.742. The summed E-state index contributed by atoms with van der Waals surface area (Å²) in [7, 11) is 1.65. The first-order valence-corrected chi connectivity index (χ1v) is 8.02. The van der Waals surface area contributed by atoms with E-state index in [0.29, 0.717) is 6.42 Å². The Hall–Kier alpha value is -0.870. The van der Waals surface area contributed by atoms with Crippen LogP contribution in [0.15, 0.2) is 34.1 Å². The maximum absolute atomic E-state index is 11.7. The van der Waals surface area contributed by atoms with Crippen LogP contribution in [0, 0.1) is 0 Å². The Morgan fingerprint density at radius 2 is 1.72 bits per heavy atom. The van der Waals surface area contributed by atoms with Gasteiger partial charge in [0.1, 0.15) is 5.75 Å². The molecule has 0 atom stereocenters.